The van der Waals surface area contributed by atoms with Crippen LogP contribution < -0.4 is 11.1 Å². The van der Waals surface area contributed by atoms with Crippen molar-refractivity contribution in [1.29, 1.82) is 0 Å². The number of nitrogens with zero attached hydrogens (tertiary/aromatic N) is 1. The molecule has 1 heterocycles. The standard InChI is InChI=1S/C15H16BrN3/c1-9-13(6-7-15(16)18-9)19-14-8-12(17)10-4-2-3-5-11(10)14/h2-7,12,14,19H,8,17H2,1H3. The van der Waals surface area contributed by atoms with Crippen LogP contribution in [0.2, 0.25) is 0 Å². The fraction of sp³-hybridized carbons (Fsp3) is 0.267. The lowest BCUT2D eigenvalue weighted by Gasteiger charge is -2.17. The maximum absolute atomic E-state index is 6.19. The van der Waals surface area contributed by atoms with E-state index < -0.39 is 0 Å². The third-order valence-corrected chi connectivity index (χ3v) is 4.08. The van der Waals surface area contributed by atoms with E-state index in [2.05, 4.69) is 50.5 Å². The molecule has 0 aliphatic heterocycles. The van der Waals surface area contributed by atoms with Crippen molar-refractivity contribution >= 4 is 21.6 Å². The minimum atomic E-state index is 0.123. The van der Waals surface area contributed by atoms with E-state index >= 15 is 0 Å². The Kier molecular flexibility index (Phi) is 3.29. The van der Waals surface area contributed by atoms with Gasteiger partial charge in [0.25, 0.3) is 0 Å². The summed E-state index contributed by atoms with van der Waals surface area (Å²) in [4.78, 5) is 4.41. The summed E-state index contributed by atoms with van der Waals surface area (Å²) in [7, 11) is 0. The average Bonchev–Trinajstić information content (AvgIpc) is 2.71. The molecule has 98 valence electrons. The topological polar surface area (TPSA) is 50.9 Å². The second kappa shape index (κ2) is 4.94. The van der Waals surface area contributed by atoms with Gasteiger partial charge in [0.05, 0.1) is 17.4 Å². The van der Waals surface area contributed by atoms with E-state index in [1.54, 1.807) is 0 Å². The monoisotopic (exact) mass is 317 g/mol. The SMILES string of the molecule is Cc1nc(Br)ccc1NC1CC(N)c2ccccc21. The van der Waals surface area contributed by atoms with E-state index in [-0.39, 0.29) is 12.1 Å². The van der Waals surface area contributed by atoms with Crippen LogP contribution in [0.15, 0.2) is 41.0 Å². The molecule has 2 aromatic rings. The third kappa shape index (κ3) is 2.38. The first kappa shape index (κ1) is 12.6. The molecule has 0 bridgehead atoms. The Balaban J connectivity index is 1.89. The first-order valence-electron chi connectivity index (χ1n) is 6.39. The third-order valence-electron chi connectivity index (χ3n) is 3.64. The van der Waals surface area contributed by atoms with Crippen LogP contribution in [0.25, 0.3) is 0 Å². The van der Waals surface area contributed by atoms with E-state index in [4.69, 9.17) is 5.73 Å². The lowest BCUT2D eigenvalue weighted by Crippen LogP contribution is -2.11. The molecule has 0 radical (unpaired) electrons. The molecule has 0 spiro atoms. The smallest absolute Gasteiger partial charge is 0.106 e. The van der Waals surface area contributed by atoms with Crippen molar-refractivity contribution in [2.45, 2.75) is 25.4 Å². The zero-order valence-corrected chi connectivity index (χ0v) is 12.3. The van der Waals surface area contributed by atoms with Crippen molar-refractivity contribution in [2.75, 3.05) is 5.32 Å². The molecule has 1 aliphatic rings. The zero-order valence-electron chi connectivity index (χ0n) is 10.7. The van der Waals surface area contributed by atoms with Crippen molar-refractivity contribution < 1.29 is 0 Å². The van der Waals surface area contributed by atoms with Crippen LogP contribution in [-0.2, 0) is 0 Å². The summed E-state index contributed by atoms with van der Waals surface area (Å²) in [6, 6.07) is 12.8. The number of pyridine rings is 1. The molecular weight excluding hydrogens is 302 g/mol. The van der Waals surface area contributed by atoms with Crippen molar-refractivity contribution in [3.8, 4) is 0 Å². The predicted octanol–water partition coefficient (Wildman–Crippen LogP) is 3.71. The molecule has 0 fully saturated rings. The molecule has 3 nitrogen and oxygen atoms in total. The summed E-state index contributed by atoms with van der Waals surface area (Å²) >= 11 is 3.39. The molecular formula is C15H16BrN3. The highest BCUT2D eigenvalue weighted by atomic mass is 79.9. The number of aryl methyl sites for hydroxylation is 1. The molecule has 3 rings (SSSR count). The van der Waals surface area contributed by atoms with E-state index in [1.807, 2.05) is 19.1 Å². The van der Waals surface area contributed by atoms with Crippen LogP contribution in [0.1, 0.15) is 35.3 Å². The van der Waals surface area contributed by atoms with E-state index in [0.29, 0.717) is 0 Å². The van der Waals surface area contributed by atoms with Crippen LogP contribution in [-0.4, -0.2) is 4.98 Å². The Hall–Kier alpha value is -1.39. The second-order valence-electron chi connectivity index (χ2n) is 4.93. The van der Waals surface area contributed by atoms with E-state index in [0.717, 1.165) is 22.4 Å². The van der Waals surface area contributed by atoms with Gasteiger partial charge in [0, 0.05) is 6.04 Å². The molecule has 0 saturated heterocycles. The highest BCUT2D eigenvalue weighted by molar-refractivity contribution is 9.10. The molecule has 0 saturated carbocycles. The first-order chi connectivity index (χ1) is 9.15. The van der Waals surface area contributed by atoms with Crippen LogP contribution in [0.3, 0.4) is 0 Å². The van der Waals surface area contributed by atoms with Crippen molar-refractivity contribution in [3.63, 3.8) is 0 Å². The predicted molar refractivity (Wildman–Crippen MR) is 81.0 cm³/mol. The van der Waals surface area contributed by atoms with Gasteiger partial charge in [0.1, 0.15) is 4.60 Å². The van der Waals surface area contributed by atoms with Crippen molar-refractivity contribution in [3.05, 3.63) is 57.8 Å². The zero-order chi connectivity index (χ0) is 13.4. The van der Waals surface area contributed by atoms with Crippen LogP contribution in [0.5, 0.6) is 0 Å². The van der Waals surface area contributed by atoms with Gasteiger partial charge in [-0.25, -0.2) is 4.98 Å². The number of halogens is 1. The van der Waals surface area contributed by atoms with Gasteiger partial charge in [0.2, 0.25) is 0 Å². The lowest BCUT2D eigenvalue weighted by atomic mass is 10.1. The Morgan fingerprint density at radius 1 is 1.21 bits per heavy atom. The summed E-state index contributed by atoms with van der Waals surface area (Å²) in [5.41, 5.74) is 10.8. The number of aromatic nitrogens is 1. The summed E-state index contributed by atoms with van der Waals surface area (Å²) in [5.74, 6) is 0. The highest BCUT2D eigenvalue weighted by Crippen LogP contribution is 2.39. The number of benzene rings is 1. The van der Waals surface area contributed by atoms with Gasteiger partial charge < -0.3 is 11.1 Å². The van der Waals surface area contributed by atoms with Gasteiger partial charge in [-0.05, 0) is 52.5 Å². The number of anilines is 1. The summed E-state index contributed by atoms with van der Waals surface area (Å²) in [5, 5.41) is 3.56. The second-order valence-corrected chi connectivity index (χ2v) is 5.75. The Morgan fingerprint density at radius 2 is 1.95 bits per heavy atom. The van der Waals surface area contributed by atoms with Crippen LogP contribution >= 0.6 is 15.9 Å². The molecule has 19 heavy (non-hydrogen) atoms. The molecule has 1 aliphatic carbocycles. The summed E-state index contributed by atoms with van der Waals surface area (Å²) in [6.45, 7) is 2.01. The molecule has 0 amide bonds. The number of rotatable bonds is 2. The average molecular weight is 318 g/mol. The minimum Gasteiger partial charge on any atom is -0.377 e. The quantitative estimate of drug-likeness (QED) is 0.830. The van der Waals surface area contributed by atoms with Crippen molar-refractivity contribution in [1.82, 2.24) is 4.98 Å². The van der Waals surface area contributed by atoms with Gasteiger partial charge in [-0.3, -0.25) is 0 Å². The fourth-order valence-electron chi connectivity index (χ4n) is 2.68. The number of hydrogen-bond donors (Lipinski definition) is 2. The molecule has 1 aromatic carbocycles. The highest BCUT2D eigenvalue weighted by Gasteiger charge is 2.28. The summed E-state index contributed by atoms with van der Waals surface area (Å²) in [6.07, 6.45) is 0.925. The Morgan fingerprint density at radius 3 is 2.68 bits per heavy atom. The molecule has 1 aromatic heterocycles. The largest absolute Gasteiger partial charge is 0.377 e. The molecule has 2 unspecified atom stereocenters. The van der Waals surface area contributed by atoms with Crippen LogP contribution in [0, 0.1) is 6.92 Å². The minimum absolute atomic E-state index is 0.123. The van der Waals surface area contributed by atoms with Gasteiger partial charge in [-0.15, -0.1) is 0 Å². The maximum atomic E-state index is 6.19. The van der Waals surface area contributed by atoms with Gasteiger partial charge in [-0.1, -0.05) is 24.3 Å². The van der Waals surface area contributed by atoms with E-state index in [1.165, 1.54) is 11.1 Å². The number of fused-ring (bicyclic) bond motifs is 1. The Bertz CT molecular complexity index is 612. The maximum Gasteiger partial charge on any atom is 0.106 e. The van der Waals surface area contributed by atoms with Crippen LogP contribution in [0.4, 0.5) is 5.69 Å². The summed E-state index contributed by atoms with van der Waals surface area (Å²) < 4.78 is 0.860. The molecule has 2 atom stereocenters. The van der Waals surface area contributed by atoms with Gasteiger partial charge in [0.15, 0.2) is 0 Å². The number of nitrogens with one attached hydrogen (secondary N) is 1. The molecule has 3 N–H and O–H groups in total. The fourth-order valence-corrected chi connectivity index (χ4v) is 3.08. The first-order valence-corrected chi connectivity index (χ1v) is 7.18. The normalized spacial score (nSPS) is 21.2. The van der Waals surface area contributed by atoms with E-state index in [9.17, 15) is 0 Å². The van der Waals surface area contributed by atoms with Gasteiger partial charge in [-0.2, -0.15) is 0 Å². The van der Waals surface area contributed by atoms with Gasteiger partial charge >= 0.3 is 0 Å². The lowest BCUT2D eigenvalue weighted by molar-refractivity contribution is 0.648. The number of hydrogen-bond acceptors (Lipinski definition) is 3. The Labute approximate surface area is 121 Å². The molecule has 4 heteroatoms. The van der Waals surface area contributed by atoms with Crippen molar-refractivity contribution in [2.24, 2.45) is 5.73 Å². The number of nitrogens with two attached hydrogens (primary N) is 1.